The highest BCUT2D eigenvalue weighted by atomic mass is 19.4. The Labute approximate surface area is 169 Å². The number of pyridine rings is 1. The van der Waals surface area contributed by atoms with Crippen LogP contribution in [0.15, 0.2) is 71.5 Å². The highest BCUT2D eigenvalue weighted by Crippen LogP contribution is 2.30. The van der Waals surface area contributed by atoms with Crippen LogP contribution < -0.4 is 11.1 Å². The van der Waals surface area contributed by atoms with E-state index in [1.54, 1.807) is 36.5 Å². The number of carbonyl (C=O) groups excluding carboxylic acids is 1. The number of fused-ring (bicyclic) bond motifs is 1. The van der Waals surface area contributed by atoms with Gasteiger partial charge in [-0.15, -0.1) is 0 Å². The average Bonchev–Trinajstić information content (AvgIpc) is 2.72. The number of rotatable bonds is 3. The summed E-state index contributed by atoms with van der Waals surface area (Å²) in [6.07, 6.45) is -2.61. The van der Waals surface area contributed by atoms with E-state index in [4.69, 9.17) is 5.73 Å². The summed E-state index contributed by atoms with van der Waals surface area (Å²) in [6.45, 7) is 0. The number of aliphatic imine (C=N–C) groups is 1. The number of para-hydroxylation sites is 1. The van der Waals surface area contributed by atoms with Gasteiger partial charge in [0.05, 0.1) is 5.52 Å². The molecule has 0 saturated carbocycles. The molecule has 3 aromatic rings. The van der Waals surface area contributed by atoms with Crippen molar-refractivity contribution in [3.8, 4) is 16.9 Å². The second-order valence-electron chi connectivity index (χ2n) is 6.31. The molecule has 0 unspecified atom stereocenters. The lowest BCUT2D eigenvalue weighted by Crippen LogP contribution is -2.31. The summed E-state index contributed by atoms with van der Waals surface area (Å²) in [5, 5.41) is 13.0. The number of nitrogens with zero attached hydrogens (tertiary/aromatic N) is 2. The molecule has 0 aliphatic rings. The molecule has 6 nitrogen and oxygen atoms in total. The number of allylic oxidation sites excluding steroid dienone is 1. The predicted molar refractivity (Wildman–Crippen MR) is 108 cm³/mol. The number of hydrogen-bond acceptors (Lipinski definition) is 5. The number of phenols is 1. The van der Waals surface area contributed by atoms with Gasteiger partial charge in [-0.1, -0.05) is 24.3 Å². The molecule has 4 N–H and O–H groups in total. The van der Waals surface area contributed by atoms with Crippen molar-refractivity contribution >= 4 is 22.6 Å². The second-order valence-corrected chi connectivity index (χ2v) is 6.31. The van der Waals surface area contributed by atoms with Crippen molar-refractivity contribution in [1.29, 1.82) is 0 Å². The molecular weight excluding hydrogens is 397 g/mol. The SMILES string of the molecule is CN=C(/C=C(\N)C(F)(F)F)NC(=O)c1ccc2cc(-c3ccccc3O)cnc2c1. The molecule has 0 aliphatic carbocycles. The first-order valence-corrected chi connectivity index (χ1v) is 8.69. The van der Waals surface area contributed by atoms with Gasteiger partial charge in [0.2, 0.25) is 0 Å². The maximum atomic E-state index is 12.6. The molecule has 9 heteroatoms. The van der Waals surface area contributed by atoms with Crippen LogP contribution in [-0.4, -0.2) is 35.1 Å². The molecule has 1 aromatic heterocycles. The highest BCUT2D eigenvalue weighted by Gasteiger charge is 2.31. The van der Waals surface area contributed by atoms with Gasteiger partial charge in [0.25, 0.3) is 5.91 Å². The zero-order valence-electron chi connectivity index (χ0n) is 15.7. The van der Waals surface area contributed by atoms with Gasteiger partial charge in [-0.05, 0) is 24.3 Å². The van der Waals surface area contributed by atoms with Gasteiger partial charge in [-0.2, -0.15) is 13.2 Å². The molecule has 0 saturated heterocycles. The predicted octanol–water partition coefficient (Wildman–Crippen LogP) is 3.77. The Morgan fingerprint density at radius 2 is 1.93 bits per heavy atom. The van der Waals surface area contributed by atoms with E-state index in [2.05, 4.69) is 15.3 Å². The van der Waals surface area contributed by atoms with Crippen molar-refractivity contribution < 1.29 is 23.1 Å². The molecule has 0 atom stereocenters. The Kier molecular flexibility index (Phi) is 5.72. The summed E-state index contributed by atoms with van der Waals surface area (Å²) in [4.78, 5) is 20.3. The van der Waals surface area contributed by atoms with Crippen molar-refractivity contribution in [1.82, 2.24) is 10.3 Å². The minimum Gasteiger partial charge on any atom is -0.507 e. The number of nitrogens with two attached hydrogens (primary N) is 1. The molecular formula is C21H17F3N4O2. The number of benzene rings is 2. The number of amides is 1. The summed E-state index contributed by atoms with van der Waals surface area (Å²) in [5.41, 5.74) is 5.59. The topological polar surface area (TPSA) is 101 Å². The zero-order chi connectivity index (χ0) is 21.9. The Hall–Kier alpha value is -3.88. The molecule has 154 valence electrons. The molecule has 0 spiro atoms. The normalized spacial score (nSPS) is 12.8. The van der Waals surface area contributed by atoms with Crippen LogP contribution in [0.5, 0.6) is 5.75 Å². The molecule has 0 fully saturated rings. The Morgan fingerprint density at radius 3 is 2.60 bits per heavy atom. The van der Waals surface area contributed by atoms with Gasteiger partial charge in [-0.3, -0.25) is 14.8 Å². The zero-order valence-corrected chi connectivity index (χ0v) is 15.7. The third kappa shape index (κ3) is 4.57. The maximum Gasteiger partial charge on any atom is 0.430 e. The van der Waals surface area contributed by atoms with Crippen LogP contribution >= 0.6 is 0 Å². The minimum absolute atomic E-state index is 0.118. The summed E-state index contributed by atoms with van der Waals surface area (Å²) in [5.74, 6) is -0.861. The summed E-state index contributed by atoms with van der Waals surface area (Å²) in [6, 6.07) is 13.3. The summed E-state index contributed by atoms with van der Waals surface area (Å²) in [7, 11) is 1.23. The van der Waals surface area contributed by atoms with Crippen LogP contribution in [0.25, 0.3) is 22.0 Å². The molecule has 30 heavy (non-hydrogen) atoms. The van der Waals surface area contributed by atoms with E-state index >= 15 is 0 Å². The smallest absolute Gasteiger partial charge is 0.430 e. The van der Waals surface area contributed by atoms with Gasteiger partial charge in [0, 0.05) is 41.4 Å². The second kappa shape index (κ2) is 8.24. The fourth-order valence-corrected chi connectivity index (χ4v) is 2.70. The Bertz CT molecular complexity index is 1170. The molecule has 0 bridgehead atoms. The van der Waals surface area contributed by atoms with Crippen molar-refractivity contribution in [2.24, 2.45) is 10.7 Å². The number of hydrogen-bond donors (Lipinski definition) is 3. The first-order chi connectivity index (χ1) is 14.2. The van der Waals surface area contributed by atoms with Crippen LogP contribution in [0.4, 0.5) is 13.2 Å². The van der Waals surface area contributed by atoms with Crippen LogP contribution in [-0.2, 0) is 0 Å². The number of phenolic OH excluding ortho intramolecular Hbond substituents is 1. The van der Waals surface area contributed by atoms with Gasteiger partial charge in [-0.25, -0.2) is 0 Å². The fraction of sp³-hybridized carbons (Fsp3) is 0.0952. The van der Waals surface area contributed by atoms with Crippen LogP contribution in [0.1, 0.15) is 10.4 Å². The monoisotopic (exact) mass is 414 g/mol. The average molecular weight is 414 g/mol. The van der Waals surface area contributed by atoms with Crippen molar-refractivity contribution in [3.63, 3.8) is 0 Å². The molecule has 3 rings (SSSR count). The van der Waals surface area contributed by atoms with Gasteiger partial charge < -0.3 is 16.2 Å². The maximum absolute atomic E-state index is 12.6. The third-order valence-corrected chi connectivity index (χ3v) is 4.26. The van der Waals surface area contributed by atoms with Crippen molar-refractivity contribution in [2.75, 3.05) is 7.05 Å². The van der Waals surface area contributed by atoms with Crippen LogP contribution in [0.3, 0.4) is 0 Å². The van der Waals surface area contributed by atoms with E-state index in [9.17, 15) is 23.1 Å². The van der Waals surface area contributed by atoms with E-state index in [1.807, 2.05) is 6.07 Å². The fourth-order valence-electron chi connectivity index (χ4n) is 2.70. The highest BCUT2D eigenvalue weighted by molar-refractivity contribution is 6.11. The number of nitrogens with one attached hydrogen (secondary N) is 1. The van der Waals surface area contributed by atoms with E-state index in [1.165, 1.54) is 19.2 Å². The number of aromatic nitrogens is 1. The van der Waals surface area contributed by atoms with E-state index in [0.717, 1.165) is 5.39 Å². The van der Waals surface area contributed by atoms with Gasteiger partial charge in [0.15, 0.2) is 0 Å². The van der Waals surface area contributed by atoms with E-state index in [-0.39, 0.29) is 17.1 Å². The van der Waals surface area contributed by atoms with Gasteiger partial charge in [0.1, 0.15) is 17.3 Å². The largest absolute Gasteiger partial charge is 0.507 e. The standard InChI is InChI=1S/C21H17F3N4O2/c1-26-19(10-18(25)21(22,23)24)28-20(30)13-7-6-12-8-14(11-27-16(12)9-13)15-4-2-3-5-17(15)29/h2-11,29H,25H2,1H3,(H,26,28,30)/b18-10-. The summed E-state index contributed by atoms with van der Waals surface area (Å²) < 4.78 is 37.7. The number of aromatic hydroxyl groups is 1. The Morgan fingerprint density at radius 1 is 1.20 bits per heavy atom. The molecule has 0 radical (unpaired) electrons. The number of amidine groups is 1. The molecule has 2 aromatic carbocycles. The molecule has 1 amide bonds. The third-order valence-electron chi connectivity index (χ3n) is 4.26. The first-order valence-electron chi connectivity index (χ1n) is 8.69. The molecule has 1 heterocycles. The van der Waals surface area contributed by atoms with E-state index in [0.29, 0.717) is 22.7 Å². The van der Waals surface area contributed by atoms with Crippen LogP contribution in [0.2, 0.25) is 0 Å². The number of carbonyl (C=O) groups is 1. The first kappa shape index (κ1) is 20.8. The number of halogens is 3. The van der Waals surface area contributed by atoms with E-state index < -0.39 is 17.8 Å². The summed E-state index contributed by atoms with van der Waals surface area (Å²) >= 11 is 0. The minimum atomic E-state index is -4.72. The lowest BCUT2D eigenvalue weighted by atomic mass is 10.0. The van der Waals surface area contributed by atoms with Crippen molar-refractivity contribution in [3.05, 3.63) is 72.1 Å². The van der Waals surface area contributed by atoms with Crippen molar-refractivity contribution in [2.45, 2.75) is 6.18 Å². The lowest BCUT2D eigenvalue weighted by molar-refractivity contribution is -0.0925. The lowest BCUT2D eigenvalue weighted by Gasteiger charge is -2.10. The number of alkyl halides is 3. The molecule has 0 aliphatic heterocycles. The Balaban J connectivity index is 1.86. The van der Waals surface area contributed by atoms with Crippen LogP contribution in [0, 0.1) is 0 Å². The van der Waals surface area contributed by atoms with Gasteiger partial charge >= 0.3 is 6.18 Å². The quantitative estimate of drug-likeness (QED) is 0.449.